The van der Waals surface area contributed by atoms with Crippen LogP contribution in [0.1, 0.15) is 11.4 Å². The van der Waals surface area contributed by atoms with Gasteiger partial charge < -0.3 is 15.5 Å². The standard InChI is InChI=1S/C16H20N6/c1-12-19-15(18-8-9-22(2)3)10-16(20-12)21-14-6-4-13(11-17)5-7-14/h4-7,10H,8-9H2,1-3H3,(H2,18,19,20,21). The van der Waals surface area contributed by atoms with Gasteiger partial charge in [-0.15, -0.1) is 0 Å². The molecule has 2 N–H and O–H groups in total. The van der Waals surface area contributed by atoms with E-state index >= 15 is 0 Å². The highest BCUT2D eigenvalue weighted by Crippen LogP contribution is 2.17. The quantitative estimate of drug-likeness (QED) is 0.852. The van der Waals surface area contributed by atoms with Crippen molar-refractivity contribution in [3.05, 3.63) is 41.7 Å². The fraction of sp³-hybridized carbons (Fsp3) is 0.312. The summed E-state index contributed by atoms with van der Waals surface area (Å²) >= 11 is 0. The van der Waals surface area contributed by atoms with Crippen molar-refractivity contribution < 1.29 is 0 Å². The molecule has 0 saturated heterocycles. The smallest absolute Gasteiger partial charge is 0.136 e. The number of rotatable bonds is 6. The summed E-state index contributed by atoms with van der Waals surface area (Å²) in [6, 6.07) is 11.2. The van der Waals surface area contributed by atoms with Gasteiger partial charge in [-0.2, -0.15) is 5.26 Å². The Morgan fingerprint density at radius 3 is 2.45 bits per heavy atom. The van der Waals surface area contributed by atoms with Gasteiger partial charge in [0.1, 0.15) is 17.5 Å². The summed E-state index contributed by atoms with van der Waals surface area (Å²) in [7, 11) is 4.07. The Labute approximate surface area is 130 Å². The summed E-state index contributed by atoms with van der Waals surface area (Å²) in [6.45, 7) is 3.61. The molecule has 0 fully saturated rings. The van der Waals surface area contributed by atoms with Gasteiger partial charge in [-0.25, -0.2) is 9.97 Å². The van der Waals surface area contributed by atoms with E-state index < -0.39 is 0 Å². The number of benzene rings is 1. The Morgan fingerprint density at radius 1 is 1.14 bits per heavy atom. The van der Waals surface area contributed by atoms with Gasteiger partial charge >= 0.3 is 0 Å². The van der Waals surface area contributed by atoms with Crippen LogP contribution in [0.3, 0.4) is 0 Å². The molecule has 1 heterocycles. The Morgan fingerprint density at radius 2 is 1.82 bits per heavy atom. The molecule has 6 heteroatoms. The minimum absolute atomic E-state index is 0.635. The van der Waals surface area contributed by atoms with Crippen molar-refractivity contribution in [2.24, 2.45) is 0 Å². The molecular formula is C16H20N6. The molecule has 0 aliphatic rings. The van der Waals surface area contributed by atoms with Crippen LogP contribution in [-0.4, -0.2) is 42.1 Å². The molecule has 114 valence electrons. The van der Waals surface area contributed by atoms with Crippen LogP contribution in [0.2, 0.25) is 0 Å². The van der Waals surface area contributed by atoms with Crippen LogP contribution in [0.25, 0.3) is 0 Å². The molecule has 0 atom stereocenters. The molecule has 0 radical (unpaired) electrons. The van der Waals surface area contributed by atoms with Gasteiger partial charge in [-0.3, -0.25) is 0 Å². The Hall–Kier alpha value is -2.65. The first-order valence-corrected chi connectivity index (χ1v) is 7.08. The summed E-state index contributed by atoms with van der Waals surface area (Å²) in [5, 5.41) is 15.3. The second-order valence-corrected chi connectivity index (χ2v) is 5.23. The van der Waals surface area contributed by atoms with E-state index in [2.05, 4.69) is 31.6 Å². The van der Waals surface area contributed by atoms with Crippen molar-refractivity contribution in [2.75, 3.05) is 37.8 Å². The van der Waals surface area contributed by atoms with E-state index in [0.717, 1.165) is 30.4 Å². The van der Waals surface area contributed by atoms with Crippen molar-refractivity contribution in [3.63, 3.8) is 0 Å². The molecular weight excluding hydrogens is 276 g/mol. The van der Waals surface area contributed by atoms with E-state index in [1.54, 1.807) is 12.1 Å². The summed E-state index contributed by atoms with van der Waals surface area (Å²) in [5.41, 5.74) is 1.52. The molecule has 0 amide bonds. The third-order valence-electron chi connectivity index (χ3n) is 2.99. The lowest BCUT2D eigenvalue weighted by molar-refractivity contribution is 0.425. The molecule has 0 aliphatic heterocycles. The number of nitrogens with one attached hydrogen (secondary N) is 2. The summed E-state index contributed by atoms with van der Waals surface area (Å²) in [5.74, 6) is 2.22. The van der Waals surface area contributed by atoms with E-state index in [4.69, 9.17) is 5.26 Å². The third-order valence-corrected chi connectivity index (χ3v) is 2.99. The number of nitrogens with zero attached hydrogens (tertiary/aromatic N) is 4. The monoisotopic (exact) mass is 296 g/mol. The van der Waals surface area contributed by atoms with Crippen LogP contribution in [0.5, 0.6) is 0 Å². The number of aromatic nitrogens is 2. The van der Waals surface area contributed by atoms with Gasteiger partial charge in [0, 0.05) is 24.8 Å². The second-order valence-electron chi connectivity index (χ2n) is 5.23. The van der Waals surface area contributed by atoms with Crippen molar-refractivity contribution in [3.8, 4) is 6.07 Å². The van der Waals surface area contributed by atoms with Crippen molar-refractivity contribution in [1.29, 1.82) is 5.26 Å². The largest absolute Gasteiger partial charge is 0.369 e. The van der Waals surface area contributed by atoms with E-state index in [0.29, 0.717) is 11.4 Å². The third kappa shape index (κ3) is 4.72. The number of hydrogen-bond donors (Lipinski definition) is 2. The maximum atomic E-state index is 8.81. The van der Waals surface area contributed by atoms with E-state index in [-0.39, 0.29) is 0 Å². The predicted octanol–water partition coefficient (Wildman–Crippen LogP) is 2.37. The molecule has 1 aromatic carbocycles. The average Bonchev–Trinajstić information content (AvgIpc) is 2.47. The molecule has 0 saturated carbocycles. The minimum Gasteiger partial charge on any atom is -0.369 e. The molecule has 1 aromatic heterocycles. The normalized spacial score (nSPS) is 10.3. The maximum Gasteiger partial charge on any atom is 0.136 e. The predicted molar refractivity (Wildman–Crippen MR) is 88.3 cm³/mol. The van der Waals surface area contributed by atoms with Gasteiger partial charge in [0.2, 0.25) is 0 Å². The number of anilines is 3. The van der Waals surface area contributed by atoms with Crippen LogP contribution in [0, 0.1) is 18.3 Å². The average molecular weight is 296 g/mol. The number of hydrogen-bond acceptors (Lipinski definition) is 6. The Kier molecular flexibility index (Phi) is 5.28. The zero-order valence-corrected chi connectivity index (χ0v) is 13.1. The highest BCUT2D eigenvalue weighted by Gasteiger charge is 2.03. The van der Waals surface area contributed by atoms with E-state index in [1.165, 1.54) is 0 Å². The molecule has 0 spiro atoms. The fourth-order valence-corrected chi connectivity index (χ4v) is 1.91. The minimum atomic E-state index is 0.635. The molecule has 2 aromatic rings. The summed E-state index contributed by atoms with van der Waals surface area (Å²) in [6.07, 6.45) is 0. The van der Waals surface area contributed by atoms with Gasteiger partial charge in [0.25, 0.3) is 0 Å². The first-order valence-electron chi connectivity index (χ1n) is 7.08. The van der Waals surface area contributed by atoms with Crippen LogP contribution >= 0.6 is 0 Å². The van der Waals surface area contributed by atoms with E-state index in [1.807, 2.05) is 39.2 Å². The molecule has 22 heavy (non-hydrogen) atoms. The number of likely N-dealkylation sites (N-methyl/N-ethyl adjacent to an activating group) is 1. The Balaban J connectivity index is 2.06. The lowest BCUT2D eigenvalue weighted by Gasteiger charge is -2.12. The van der Waals surface area contributed by atoms with Crippen LogP contribution < -0.4 is 10.6 Å². The lowest BCUT2D eigenvalue weighted by Crippen LogP contribution is -2.21. The lowest BCUT2D eigenvalue weighted by atomic mass is 10.2. The molecule has 0 aliphatic carbocycles. The van der Waals surface area contributed by atoms with E-state index in [9.17, 15) is 0 Å². The first-order chi connectivity index (χ1) is 10.6. The van der Waals surface area contributed by atoms with Crippen LogP contribution in [0.4, 0.5) is 17.3 Å². The fourth-order valence-electron chi connectivity index (χ4n) is 1.91. The molecule has 0 unspecified atom stereocenters. The SMILES string of the molecule is Cc1nc(NCCN(C)C)cc(Nc2ccc(C#N)cc2)n1. The van der Waals surface area contributed by atoms with Gasteiger partial charge in [0.05, 0.1) is 11.6 Å². The number of nitriles is 1. The zero-order chi connectivity index (χ0) is 15.9. The second kappa shape index (κ2) is 7.38. The summed E-state index contributed by atoms with van der Waals surface area (Å²) in [4.78, 5) is 10.9. The van der Waals surface area contributed by atoms with Crippen LogP contribution in [-0.2, 0) is 0 Å². The number of aryl methyl sites for hydroxylation is 1. The Bertz CT molecular complexity index is 657. The zero-order valence-electron chi connectivity index (χ0n) is 13.1. The van der Waals surface area contributed by atoms with Gasteiger partial charge in [-0.1, -0.05) is 0 Å². The summed E-state index contributed by atoms with van der Waals surface area (Å²) < 4.78 is 0. The molecule has 6 nitrogen and oxygen atoms in total. The van der Waals surface area contributed by atoms with Crippen molar-refractivity contribution in [2.45, 2.75) is 6.92 Å². The topological polar surface area (TPSA) is 76.9 Å². The van der Waals surface area contributed by atoms with Crippen molar-refractivity contribution >= 4 is 17.3 Å². The highest BCUT2D eigenvalue weighted by molar-refractivity contribution is 5.60. The highest BCUT2D eigenvalue weighted by atomic mass is 15.1. The molecule has 0 bridgehead atoms. The molecule has 2 rings (SSSR count). The first kappa shape index (κ1) is 15.7. The van der Waals surface area contributed by atoms with Crippen molar-refractivity contribution in [1.82, 2.24) is 14.9 Å². The maximum absolute atomic E-state index is 8.81. The van der Waals surface area contributed by atoms with Gasteiger partial charge in [0.15, 0.2) is 0 Å². The van der Waals surface area contributed by atoms with Crippen LogP contribution in [0.15, 0.2) is 30.3 Å². The van der Waals surface area contributed by atoms with Gasteiger partial charge in [-0.05, 0) is 45.3 Å².